The highest BCUT2D eigenvalue weighted by Crippen LogP contribution is 2.19. The molecule has 0 saturated carbocycles. The molecule has 1 amide bonds. The molecule has 5 nitrogen and oxygen atoms in total. The van der Waals surface area contributed by atoms with Gasteiger partial charge in [-0.2, -0.15) is 0 Å². The van der Waals surface area contributed by atoms with Gasteiger partial charge in [-0.25, -0.2) is 4.79 Å². The average molecular weight is 324 g/mol. The molecule has 0 aliphatic carbocycles. The van der Waals surface area contributed by atoms with E-state index in [0.717, 1.165) is 6.42 Å². The first-order valence-electron chi connectivity index (χ1n) is 8.11. The Bertz CT molecular complexity index is 688. The molecular weight excluding hydrogens is 304 g/mol. The quantitative estimate of drug-likeness (QED) is 0.765. The van der Waals surface area contributed by atoms with Crippen LogP contribution in [0.25, 0.3) is 0 Å². The number of carbonyl (C=O) groups excluding carboxylic acids is 2. The van der Waals surface area contributed by atoms with Gasteiger partial charge in [0.05, 0.1) is 12.2 Å². The van der Waals surface area contributed by atoms with E-state index >= 15 is 0 Å². The van der Waals surface area contributed by atoms with Gasteiger partial charge in [0, 0.05) is 37.8 Å². The Labute approximate surface area is 141 Å². The van der Waals surface area contributed by atoms with Crippen LogP contribution in [0.5, 0.6) is 0 Å². The van der Waals surface area contributed by atoms with E-state index in [2.05, 4.69) is 17.1 Å². The molecule has 0 bridgehead atoms. The van der Waals surface area contributed by atoms with Crippen molar-refractivity contribution in [1.29, 1.82) is 0 Å². The zero-order valence-electron chi connectivity index (χ0n) is 13.4. The van der Waals surface area contributed by atoms with Crippen molar-refractivity contribution >= 4 is 11.9 Å². The number of ether oxygens (including phenoxy) is 1. The summed E-state index contributed by atoms with van der Waals surface area (Å²) in [4.78, 5) is 29.8. The minimum atomic E-state index is -0.390. The summed E-state index contributed by atoms with van der Waals surface area (Å²) >= 11 is 0. The molecule has 1 aromatic heterocycles. The molecule has 5 heteroatoms. The van der Waals surface area contributed by atoms with Gasteiger partial charge in [-0.1, -0.05) is 30.3 Å². The molecule has 1 aliphatic rings. The van der Waals surface area contributed by atoms with Gasteiger partial charge in [0.2, 0.25) is 5.91 Å². The Morgan fingerprint density at radius 3 is 2.79 bits per heavy atom. The van der Waals surface area contributed by atoms with Gasteiger partial charge in [0.25, 0.3) is 0 Å². The number of hydrogen-bond acceptors (Lipinski definition) is 4. The first-order valence-corrected chi connectivity index (χ1v) is 8.11. The second-order valence-electron chi connectivity index (χ2n) is 5.99. The summed E-state index contributed by atoms with van der Waals surface area (Å²) < 4.78 is 5.31. The maximum absolute atomic E-state index is 12.1. The number of esters is 1. The second kappa shape index (κ2) is 7.73. The van der Waals surface area contributed by atoms with Crippen LogP contribution in [0.2, 0.25) is 0 Å². The van der Waals surface area contributed by atoms with Crippen molar-refractivity contribution in [2.45, 2.75) is 12.8 Å². The number of nitrogens with zero attached hydrogens (tertiary/aromatic N) is 2. The Kier molecular flexibility index (Phi) is 5.21. The van der Waals surface area contributed by atoms with E-state index in [0.29, 0.717) is 25.1 Å². The minimum Gasteiger partial charge on any atom is -0.462 e. The lowest BCUT2D eigenvalue weighted by Gasteiger charge is -2.16. The van der Waals surface area contributed by atoms with Crippen LogP contribution in [0.4, 0.5) is 0 Å². The molecule has 0 spiro atoms. The van der Waals surface area contributed by atoms with E-state index in [1.54, 1.807) is 18.3 Å². The molecule has 0 radical (unpaired) electrons. The average Bonchev–Trinajstić information content (AvgIpc) is 2.99. The predicted octanol–water partition coefficient (Wildman–Crippen LogP) is 2.33. The van der Waals surface area contributed by atoms with Gasteiger partial charge in [-0.05, 0) is 24.1 Å². The predicted molar refractivity (Wildman–Crippen MR) is 89.4 cm³/mol. The summed E-state index contributed by atoms with van der Waals surface area (Å²) in [5, 5.41) is 0. The van der Waals surface area contributed by atoms with E-state index in [9.17, 15) is 9.59 Å². The lowest BCUT2D eigenvalue weighted by Crippen LogP contribution is -2.28. The highest BCUT2D eigenvalue weighted by molar-refractivity contribution is 5.89. The minimum absolute atomic E-state index is 0.0638. The summed E-state index contributed by atoms with van der Waals surface area (Å²) in [6, 6.07) is 13.5. The van der Waals surface area contributed by atoms with Gasteiger partial charge >= 0.3 is 5.97 Å². The van der Waals surface area contributed by atoms with Crippen molar-refractivity contribution in [2.24, 2.45) is 5.92 Å². The molecule has 3 rings (SSSR count). The lowest BCUT2D eigenvalue weighted by molar-refractivity contribution is -0.127. The number of rotatable bonds is 6. The molecule has 0 unspecified atom stereocenters. The first kappa shape index (κ1) is 16.2. The van der Waals surface area contributed by atoms with Crippen molar-refractivity contribution in [3.63, 3.8) is 0 Å². The summed E-state index contributed by atoms with van der Waals surface area (Å²) in [6.07, 6.45) is 4.37. The monoisotopic (exact) mass is 324 g/mol. The Hall–Kier alpha value is -2.69. The van der Waals surface area contributed by atoms with Crippen LogP contribution in [0.15, 0.2) is 54.9 Å². The molecule has 1 aliphatic heterocycles. The van der Waals surface area contributed by atoms with Crippen LogP contribution in [0.1, 0.15) is 22.3 Å². The summed E-state index contributed by atoms with van der Waals surface area (Å²) in [5.74, 6) is -0.194. The lowest BCUT2D eigenvalue weighted by atomic mass is 10.1. The number of likely N-dealkylation sites (tertiary alicyclic amines) is 1. The fourth-order valence-corrected chi connectivity index (χ4v) is 2.85. The maximum atomic E-state index is 12.1. The molecule has 2 aromatic rings. The number of carbonyl (C=O) groups is 2. The van der Waals surface area contributed by atoms with E-state index in [1.165, 1.54) is 11.8 Å². The van der Waals surface area contributed by atoms with Crippen molar-refractivity contribution in [1.82, 2.24) is 9.88 Å². The molecule has 0 N–H and O–H groups in total. The third kappa shape index (κ3) is 4.19. The molecule has 1 saturated heterocycles. The summed E-state index contributed by atoms with van der Waals surface area (Å²) in [7, 11) is 0. The molecule has 24 heavy (non-hydrogen) atoms. The van der Waals surface area contributed by atoms with Gasteiger partial charge in [-0.3, -0.25) is 9.78 Å². The fourth-order valence-electron chi connectivity index (χ4n) is 2.85. The highest BCUT2D eigenvalue weighted by Gasteiger charge is 2.30. The molecule has 2 heterocycles. The van der Waals surface area contributed by atoms with Crippen LogP contribution in [0.3, 0.4) is 0 Å². The normalized spacial score (nSPS) is 17.1. The summed E-state index contributed by atoms with van der Waals surface area (Å²) in [6.45, 7) is 1.61. The standard InChI is InChI=1S/C19H20N2O3/c22-18-11-16(14-24-19(23)17-7-4-9-20-12-17)13-21(18)10-8-15-5-2-1-3-6-15/h1-7,9,12,16H,8,10-11,13-14H2/t16-/m1/s1. The topological polar surface area (TPSA) is 59.5 Å². The highest BCUT2D eigenvalue weighted by atomic mass is 16.5. The van der Waals surface area contributed by atoms with Crippen molar-refractivity contribution in [2.75, 3.05) is 19.7 Å². The summed E-state index contributed by atoms with van der Waals surface area (Å²) in [5.41, 5.74) is 1.65. The van der Waals surface area contributed by atoms with E-state index in [4.69, 9.17) is 4.74 Å². The SMILES string of the molecule is O=C(OC[C@@H]1CC(=O)N(CCc2ccccc2)C1)c1cccnc1. The molecular formula is C19H20N2O3. The number of benzene rings is 1. The van der Waals surface area contributed by atoms with Gasteiger partial charge in [-0.15, -0.1) is 0 Å². The second-order valence-corrected chi connectivity index (χ2v) is 5.99. The van der Waals surface area contributed by atoms with Crippen molar-refractivity contribution < 1.29 is 14.3 Å². The first-order chi connectivity index (χ1) is 11.7. The van der Waals surface area contributed by atoms with Gasteiger partial charge < -0.3 is 9.64 Å². The van der Waals surface area contributed by atoms with Gasteiger partial charge in [0.1, 0.15) is 0 Å². The van der Waals surface area contributed by atoms with Gasteiger partial charge in [0.15, 0.2) is 0 Å². The Morgan fingerprint density at radius 1 is 1.21 bits per heavy atom. The molecule has 1 aromatic carbocycles. The number of amides is 1. The maximum Gasteiger partial charge on any atom is 0.339 e. The number of pyridine rings is 1. The van der Waals surface area contributed by atoms with Crippen molar-refractivity contribution in [3.05, 3.63) is 66.0 Å². The van der Waals surface area contributed by atoms with E-state index in [1.807, 2.05) is 23.1 Å². The van der Waals surface area contributed by atoms with Crippen LogP contribution in [-0.4, -0.2) is 41.5 Å². The van der Waals surface area contributed by atoms with Crippen LogP contribution in [-0.2, 0) is 16.0 Å². The Balaban J connectivity index is 1.45. The largest absolute Gasteiger partial charge is 0.462 e. The number of hydrogen-bond donors (Lipinski definition) is 0. The van der Waals surface area contributed by atoms with E-state index < -0.39 is 5.97 Å². The number of aromatic nitrogens is 1. The zero-order chi connectivity index (χ0) is 16.8. The molecule has 1 fully saturated rings. The van der Waals surface area contributed by atoms with Crippen LogP contribution < -0.4 is 0 Å². The molecule has 124 valence electrons. The smallest absolute Gasteiger partial charge is 0.339 e. The zero-order valence-corrected chi connectivity index (χ0v) is 13.4. The fraction of sp³-hybridized carbons (Fsp3) is 0.316. The Morgan fingerprint density at radius 2 is 2.04 bits per heavy atom. The van der Waals surface area contributed by atoms with Crippen LogP contribution in [0, 0.1) is 5.92 Å². The van der Waals surface area contributed by atoms with E-state index in [-0.39, 0.29) is 18.4 Å². The third-order valence-electron chi connectivity index (χ3n) is 4.16. The molecule has 1 atom stereocenters. The van der Waals surface area contributed by atoms with Crippen LogP contribution >= 0.6 is 0 Å². The van der Waals surface area contributed by atoms with Crippen molar-refractivity contribution in [3.8, 4) is 0 Å². The third-order valence-corrected chi connectivity index (χ3v) is 4.16.